The number of aromatic nitrogens is 1. The van der Waals surface area contributed by atoms with Crippen LogP contribution < -0.4 is 9.64 Å². The van der Waals surface area contributed by atoms with Crippen LogP contribution in [0.2, 0.25) is 0 Å². The number of fused-ring (bicyclic) bond motifs is 2. The third-order valence-corrected chi connectivity index (χ3v) is 5.75. The molecule has 1 aliphatic heterocycles. The highest BCUT2D eigenvalue weighted by molar-refractivity contribution is 6.34. The van der Waals surface area contributed by atoms with Crippen LogP contribution in [-0.4, -0.2) is 16.8 Å². The zero-order valence-corrected chi connectivity index (χ0v) is 18.2. The summed E-state index contributed by atoms with van der Waals surface area (Å²) in [7, 11) is 0. The molecule has 4 aromatic carbocycles. The summed E-state index contributed by atoms with van der Waals surface area (Å²) < 4.78 is 11.7. The Balaban J connectivity index is 1.29. The lowest BCUT2D eigenvalue weighted by atomic mass is 10.1. The fourth-order valence-electron chi connectivity index (χ4n) is 4.06. The maximum absolute atomic E-state index is 13.2. The molecule has 0 unspecified atom stereocenters. The van der Waals surface area contributed by atoms with Gasteiger partial charge in [-0.3, -0.25) is 9.59 Å². The van der Waals surface area contributed by atoms with Crippen LogP contribution in [0.25, 0.3) is 22.6 Å². The highest BCUT2D eigenvalue weighted by Crippen LogP contribution is 2.34. The van der Waals surface area contributed by atoms with E-state index < -0.39 is 0 Å². The fraction of sp³-hybridized carbons (Fsp3) is 0.0357. The van der Waals surface area contributed by atoms with Crippen molar-refractivity contribution in [2.24, 2.45) is 0 Å². The Morgan fingerprint density at radius 3 is 2.29 bits per heavy atom. The van der Waals surface area contributed by atoms with Gasteiger partial charge >= 0.3 is 0 Å². The molecule has 0 aliphatic carbocycles. The molecule has 2 amide bonds. The zero-order chi connectivity index (χ0) is 23.2. The smallest absolute Gasteiger partial charge is 0.266 e. The number of ether oxygens (including phenoxy) is 1. The first-order valence-corrected chi connectivity index (χ1v) is 10.8. The van der Waals surface area contributed by atoms with E-state index in [0.717, 1.165) is 11.1 Å². The monoisotopic (exact) mass is 446 g/mol. The third kappa shape index (κ3) is 3.33. The number of hydrogen-bond acceptors (Lipinski definition) is 5. The number of para-hydroxylation sites is 1. The Kier molecular flexibility index (Phi) is 4.52. The van der Waals surface area contributed by atoms with E-state index in [4.69, 9.17) is 9.15 Å². The van der Waals surface area contributed by atoms with Crippen LogP contribution in [0.15, 0.2) is 95.4 Å². The van der Waals surface area contributed by atoms with Crippen LogP contribution in [0.5, 0.6) is 11.5 Å². The predicted octanol–water partition coefficient (Wildman–Crippen LogP) is 6.40. The van der Waals surface area contributed by atoms with Gasteiger partial charge in [0.05, 0.1) is 16.8 Å². The summed E-state index contributed by atoms with van der Waals surface area (Å²) >= 11 is 0. The Labute approximate surface area is 195 Å². The van der Waals surface area contributed by atoms with Crippen LogP contribution in [0, 0.1) is 6.92 Å². The molecule has 1 aliphatic rings. The molecular weight excluding hydrogens is 428 g/mol. The van der Waals surface area contributed by atoms with Gasteiger partial charge in [0.1, 0.15) is 17.0 Å². The molecule has 0 saturated carbocycles. The number of aryl methyl sites for hydroxylation is 1. The summed E-state index contributed by atoms with van der Waals surface area (Å²) in [4.78, 5) is 32.0. The lowest BCUT2D eigenvalue weighted by molar-refractivity contribution is 0.0926. The number of oxazole rings is 1. The van der Waals surface area contributed by atoms with Crippen molar-refractivity contribution in [1.29, 1.82) is 0 Å². The van der Waals surface area contributed by atoms with Crippen LogP contribution in [0.1, 0.15) is 26.3 Å². The molecule has 0 bridgehead atoms. The van der Waals surface area contributed by atoms with Gasteiger partial charge in [-0.15, -0.1) is 0 Å². The van der Waals surface area contributed by atoms with Crippen LogP contribution in [0.4, 0.5) is 5.69 Å². The second-order valence-corrected chi connectivity index (χ2v) is 8.11. The number of carbonyl (C=O) groups is 2. The number of amides is 2. The number of carbonyl (C=O) groups excluding carboxylic acids is 2. The van der Waals surface area contributed by atoms with E-state index in [1.807, 2.05) is 55.5 Å². The molecule has 34 heavy (non-hydrogen) atoms. The van der Waals surface area contributed by atoms with Gasteiger partial charge in [-0.1, -0.05) is 24.3 Å². The molecule has 5 aromatic rings. The Bertz CT molecular complexity index is 1570. The molecule has 0 atom stereocenters. The number of nitrogens with zero attached hydrogens (tertiary/aromatic N) is 2. The molecule has 6 heteroatoms. The molecule has 6 rings (SSSR count). The SMILES string of the molecule is Cc1ccc2oc(-c3ccc4c(c3)C(=O)N(c3ccc(Oc5ccccc5)cc3)C4=O)nc2c1. The maximum atomic E-state index is 13.2. The molecule has 0 radical (unpaired) electrons. The van der Waals surface area contributed by atoms with Crippen molar-refractivity contribution >= 4 is 28.6 Å². The van der Waals surface area contributed by atoms with Gasteiger partial charge in [-0.05, 0) is 79.2 Å². The Hall–Kier alpha value is -4.71. The van der Waals surface area contributed by atoms with E-state index >= 15 is 0 Å². The zero-order valence-electron chi connectivity index (χ0n) is 18.2. The average molecular weight is 446 g/mol. The summed E-state index contributed by atoms with van der Waals surface area (Å²) in [5.41, 5.74) is 4.29. The Morgan fingerprint density at radius 1 is 0.765 bits per heavy atom. The maximum Gasteiger partial charge on any atom is 0.266 e. The van der Waals surface area contributed by atoms with E-state index in [1.165, 1.54) is 4.90 Å². The van der Waals surface area contributed by atoms with Crippen molar-refractivity contribution in [1.82, 2.24) is 4.98 Å². The molecule has 0 saturated heterocycles. The highest BCUT2D eigenvalue weighted by atomic mass is 16.5. The number of anilines is 1. The van der Waals surface area contributed by atoms with Crippen molar-refractivity contribution in [3.05, 3.63) is 108 Å². The van der Waals surface area contributed by atoms with Gasteiger partial charge in [0, 0.05) is 5.56 Å². The van der Waals surface area contributed by atoms with E-state index in [1.54, 1.807) is 42.5 Å². The quantitative estimate of drug-likeness (QED) is 0.299. The number of imide groups is 1. The minimum atomic E-state index is -0.384. The van der Waals surface area contributed by atoms with Gasteiger partial charge in [0.25, 0.3) is 11.8 Å². The minimum absolute atomic E-state index is 0.325. The topological polar surface area (TPSA) is 72.6 Å². The van der Waals surface area contributed by atoms with E-state index in [9.17, 15) is 9.59 Å². The largest absolute Gasteiger partial charge is 0.457 e. The van der Waals surface area contributed by atoms with Crippen LogP contribution >= 0.6 is 0 Å². The molecular formula is C28H18N2O4. The number of rotatable bonds is 4. The van der Waals surface area contributed by atoms with Crippen molar-refractivity contribution in [3.63, 3.8) is 0 Å². The summed E-state index contributed by atoms with van der Waals surface area (Å²) in [6.07, 6.45) is 0. The summed E-state index contributed by atoms with van der Waals surface area (Å²) in [6.45, 7) is 1.99. The molecule has 1 aromatic heterocycles. The first-order valence-electron chi connectivity index (χ1n) is 10.8. The molecule has 0 N–H and O–H groups in total. The molecule has 2 heterocycles. The van der Waals surface area contributed by atoms with E-state index in [-0.39, 0.29) is 11.8 Å². The first kappa shape index (κ1) is 19.9. The van der Waals surface area contributed by atoms with Crippen molar-refractivity contribution in [2.75, 3.05) is 4.90 Å². The molecule has 6 nitrogen and oxygen atoms in total. The first-order chi connectivity index (χ1) is 16.6. The van der Waals surface area contributed by atoms with Crippen molar-refractivity contribution < 1.29 is 18.7 Å². The van der Waals surface area contributed by atoms with Crippen LogP contribution in [0.3, 0.4) is 0 Å². The van der Waals surface area contributed by atoms with Gasteiger partial charge < -0.3 is 9.15 Å². The van der Waals surface area contributed by atoms with E-state index in [0.29, 0.717) is 45.4 Å². The van der Waals surface area contributed by atoms with Gasteiger partial charge in [0.2, 0.25) is 5.89 Å². The number of hydrogen-bond donors (Lipinski definition) is 0. The third-order valence-electron chi connectivity index (χ3n) is 5.75. The average Bonchev–Trinajstić information content (AvgIpc) is 3.38. The van der Waals surface area contributed by atoms with Crippen LogP contribution in [-0.2, 0) is 0 Å². The second-order valence-electron chi connectivity index (χ2n) is 8.11. The van der Waals surface area contributed by atoms with Crippen molar-refractivity contribution in [2.45, 2.75) is 6.92 Å². The number of benzene rings is 4. The molecule has 0 fully saturated rings. The van der Waals surface area contributed by atoms with E-state index in [2.05, 4.69) is 4.98 Å². The minimum Gasteiger partial charge on any atom is -0.457 e. The molecule has 164 valence electrons. The standard InChI is InChI=1S/C28H18N2O4/c1-17-7-14-25-24(15-17)29-26(34-25)18-8-13-22-23(16-18)28(32)30(27(22)31)19-9-11-21(12-10-19)33-20-5-3-2-4-6-20/h2-16H,1H3. The highest BCUT2D eigenvalue weighted by Gasteiger charge is 2.37. The normalized spacial score (nSPS) is 12.9. The summed E-state index contributed by atoms with van der Waals surface area (Å²) in [5, 5.41) is 0. The van der Waals surface area contributed by atoms with Gasteiger partial charge in [0.15, 0.2) is 5.58 Å². The van der Waals surface area contributed by atoms with Crippen molar-refractivity contribution in [3.8, 4) is 23.0 Å². The lowest BCUT2D eigenvalue weighted by Gasteiger charge is -2.14. The second kappa shape index (κ2) is 7.71. The lowest BCUT2D eigenvalue weighted by Crippen LogP contribution is -2.29. The van der Waals surface area contributed by atoms with Gasteiger partial charge in [-0.25, -0.2) is 9.88 Å². The summed E-state index contributed by atoms with van der Waals surface area (Å²) in [5.74, 6) is 0.976. The van der Waals surface area contributed by atoms with Gasteiger partial charge in [-0.2, -0.15) is 0 Å². The summed E-state index contributed by atoms with van der Waals surface area (Å²) in [6, 6.07) is 27.1. The fourth-order valence-corrected chi connectivity index (χ4v) is 4.06. The Morgan fingerprint density at radius 2 is 1.50 bits per heavy atom. The molecule has 0 spiro atoms. The predicted molar refractivity (Wildman–Crippen MR) is 128 cm³/mol.